The number of aromatic nitrogens is 1. The average molecular weight is 511 g/mol. The van der Waals surface area contributed by atoms with E-state index in [9.17, 15) is 14.4 Å². The second-order valence-electron chi connectivity index (χ2n) is 8.97. The Morgan fingerprint density at radius 1 is 0.974 bits per heavy atom. The van der Waals surface area contributed by atoms with Crippen molar-refractivity contribution in [3.63, 3.8) is 0 Å². The first-order valence-corrected chi connectivity index (χ1v) is 12.1. The molecule has 38 heavy (non-hydrogen) atoms. The Morgan fingerprint density at radius 2 is 1.74 bits per heavy atom. The van der Waals surface area contributed by atoms with E-state index in [0.29, 0.717) is 65.3 Å². The van der Waals surface area contributed by atoms with Gasteiger partial charge in [-0.25, -0.2) is 0 Å². The van der Waals surface area contributed by atoms with Crippen molar-refractivity contribution in [1.29, 1.82) is 0 Å². The summed E-state index contributed by atoms with van der Waals surface area (Å²) >= 11 is 0. The van der Waals surface area contributed by atoms with E-state index in [-0.39, 0.29) is 11.8 Å². The van der Waals surface area contributed by atoms with Gasteiger partial charge >= 0.3 is 0 Å². The minimum Gasteiger partial charge on any atom is -0.494 e. The SMILES string of the molecule is COc1cc2nccc(Oc3ccc(NC(=O)C4(C(=O)NCc5ccccc5)CC4)cc3)c2cc1NC=O. The molecule has 1 aliphatic rings. The number of rotatable bonds is 10. The molecule has 9 nitrogen and oxygen atoms in total. The maximum Gasteiger partial charge on any atom is 0.240 e. The number of carbonyl (C=O) groups excluding carboxylic acids is 3. The highest BCUT2D eigenvalue weighted by Gasteiger charge is 2.56. The molecule has 3 aromatic carbocycles. The van der Waals surface area contributed by atoms with Gasteiger partial charge in [-0.15, -0.1) is 0 Å². The first kappa shape index (κ1) is 24.8. The van der Waals surface area contributed by atoms with Crippen LogP contribution in [-0.2, 0) is 20.9 Å². The second kappa shape index (κ2) is 10.6. The van der Waals surface area contributed by atoms with Crippen molar-refractivity contribution in [3.05, 3.63) is 84.6 Å². The Morgan fingerprint density at radius 3 is 2.42 bits per heavy atom. The van der Waals surface area contributed by atoms with Crippen LogP contribution >= 0.6 is 0 Å². The molecule has 3 N–H and O–H groups in total. The third kappa shape index (κ3) is 5.12. The predicted molar refractivity (Wildman–Crippen MR) is 143 cm³/mol. The number of fused-ring (bicyclic) bond motifs is 1. The van der Waals surface area contributed by atoms with E-state index in [1.54, 1.807) is 48.7 Å². The van der Waals surface area contributed by atoms with Gasteiger partial charge in [0.2, 0.25) is 18.2 Å². The molecule has 0 aliphatic heterocycles. The monoisotopic (exact) mass is 510 g/mol. The number of nitrogens with zero attached hydrogens (tertiary/aromatic N) is 1. The molecule has 1 fully saturated rings. The molecule has 0 unspecified atom stereocenters. The molecular weight excluding hydrogens is 484 g/mol. The van der Waals surface area contributed by atoms with Crippen LogP contribution in [0.25, 0.3) is 10.9 Å². The van der Waals surface area contributed by atoms with Crippen molar-refractivity contribution in [2.75, 3.05) is 17.7 Å². The summed E-state index contributed by atoms with van der Waals surface area (Å²) in [6.45, 7) is 0.379. The van der Waals surface area contributed by atoms with Gasteiger partial charge in [0.05, 0.1) is 18.3 Å². The zero-order valence-corrected chi connectivity index (χ0v) is 20.7. The molecule has 1 aromatic heterocycles. The Bertz CT molecular complexity index is 1480. The standard InChI is InChI=1S/C29H26N4O5/c1-37-26-16-23-22(15-24(26)32-18-34)25(11-14-30-23)38-21-9-7-20(8-10-21)33-28(36)29(12-13-29)27(35)31-17-19-5-3-2-4-6-19/h2-11,14-16,18H,12-13,17H2,1H3,(H,31,35)(H,32,34)(H,33,36). The number of anilines is 2. The highest BCUT2D eigenvalue weighted by atomic mass is 16.5. The first-order valence-electron chi connectivity index (χ1n) is 12.1. The van der Waals surface area contributed by atoms with Gasteiger partial charge in [0.25, 0.3) is 0 Å². The minimum atomic E-state index is -1.03. The molecule has 0 radical (unpaired) electrons. The van der Waals surface area contributed by atoms with Crippen molar-refractivity contribution >= 4 is 40.5 Å². The molecule has 5 rings (SSSR count). The lowest BCUT2D eigenvalue weighted by atomic mass is 10.0. The molecule has 0 spiro atoms. The number of nitrogens with one attached hydrogen (secondary N) is 3. The van der Waals surface area contributed by atoms with Gasteiger partial charge in [-0.1, -0.05) is 30.3 Å². The molecule has 1 saturated carbocycles. The van der Waals surface area contributed by atoms with Crippen LogP contribution in [0.4, 0.5) is 11.4 Å². The zero-order chi connectivity index (χ0) is 26.5. The number of hydrogen-bond acceptors (Lipinski definition) is 6. The topological polar surface area (TPSA) is 119 Å². The third-order valence-electron chi connectivity index (χ3n) is 6.49. The van der Waals surface area contributed by atoms with Gasteiger partial charge in [-0.3, -0.25) is 19.4 Å². The van der Waals surface area contributed by atoms with Crippen molar-refractivity contribution < 1.29 is 23.9 Å². The molecule has 192 valence electrons. The van der Waals surface area contributed by atoms with Crippen molar-refractivity contribution in [2.24, 2.45) is 5.41 Å². The van der Waals surface area contributed by atoms with Crippen molar-refractivity contribution in [2.45, 2.75) is 19.4 Å². The molecule has 0 bridgehead atoms. The predicted octanol–water partition coefficient (Wildman–Crippen LogP) is 4.64. The van der Waals surface area contributed by atoms with Crippen LogP contribution in [-0.4, -0.2) is 30.3 Å². The quantitative estimate of drug-likeness (QED) is 0.211. The molecule has 1 aliphatic carbocycles. The average Bonchev–Trinajstić information content (AvgIpc) is 3.76. The van der Waals surface area contributed by atoms with E-state index in [1.165, 1.54) is 7.11 Å². The first-order chi connectivity index (χ1) is 18.5. The number of pyridine rings is 1. The van der Waals surface area contributed by atoms with Gasteiger partial charge < -0.3 is 25.4 Å². The van der Waals surface area contributed by atoms with Crippen LogP contribution in [0.3, 0.4) is 0 Å². The number of methoxy groups -OCH3 is 1. The number of ether oxygens (including phenoxy) is 2. The van der Waals surface area contributed by atoms with Crippen LogP contribution in [0.5, 0.6) is 17.2 Å². The van der Waals surface area contributed by atoms with Gasteiger partial charge in [0.15, 0.2) is 0 Å². The molecule has 4 aromatic rings. The molecule has 0 atom stereocenters. The van der Waals surface area contributed by atoms with Crippen molar-refractivity contribution in [1.82, 2.24) is 10.3 Å². The number of carbonyl (C=O) groups is 3. The molecule has 9 heteroatoms. The summed E-state index contributed by atoms with van der Waals surface area (Å²) in [5.41, 5.74) is 1.64. The zero-order valence-electron chi connectivity index (χ0n) is 20.7. The van der Waals surface area contributed by atoms with Crippen molar-refractivity contribution in [3.8, 4) is 17.2 Å². The summed E-state index contributed by atoms with van der Waals surface area (Å²) in [6.07, 6.45) is 3.23. The number of benzene rings is 3. The van der Waals surface area contributed by atoms with Crippen LogP contribution in [0.1, 0.15) is 18.4 Å². The fraction of sp³-hybridized carbons (Fsp3) is 0.172. The van der Waals surface area contributed by atoms with E-state index in [4.69, 9.17) is 9.47 Å². The summed E-state index contributed by atoms with van der Waals surface area (Å²) in [6, 6.07) is 21.7. The Balaban J connectivity index is 1.25. The highest BCUT2D eigenvalue weighted by Crippen LogP contribution is 2.47. The van der Waals surface area contributed by atoms with E-state index >= 15 is 0 Å². The summed E-state index contributed by atoms with van der Waals surface area (Å²) in [5.74, 6) is 0.981. The molecular formula is C29H26N4O5. The molecule has 1 heterocycles. The Hall–Kier alpha value is -4.92. The van der Waals surface area contributed by atoms with Gasteiger partial charge in [-0.05, 0) is 54.8 Å². The summed E-state index contributed by atoms with van der Waals surface area (Å²) in [5, 5.41) is 9.05. The molecule has 0 saturated heterocycles. The number of amides is 3. The fourth-order valence-electron chi connectivity index (χ4n) is 4.20. The minimum absolute atomic E-state index is 0.261. The van der Waals surface area contributed by atoms with E-state index in [0.717, 1.165) is 5.56 Å². The summed E-state index contributed by atoms with van der Waals surface area (Å²) in [7, 11) is 1.51. The molecule has 3 amide bonds. The van der Waals surface area contributed by atoms with Crippen LogP contribution in [0, 0.1) is 5.41 Å². The normalized spacial score (nSPS) is 13.3. The van der Waals surface area contributed by atoms with Crippen LogP contribution in [0.15, 0.2) is 79.0 Å². The maximum atomic E-state index is 13.0. The lowest BCUT2D eigenvalue weighted by Crippen LogP contribution is -2.39. The fourth-order valence-corrected chi connectivity index (χ4v) is 4.20. The second-order valence-corrected chi connectivity index (χ2v) is 8.97. The largest absolute Gasteiger partial charge is 0.494 e. The van der Waals surface area contributed by atoms with E-state index < -0.39 is 5.41 Å². The maximum absolute atomic E-state index is 13.0. The lowest BCUT2D eigenvalue weighted by Gasteiger charge is -2.16. The van der Waals surface area contributed by atoms with Gasteiger partial charge in [-0.2, -0.15) is 0 Å². The summed E-state index contributed by atoms with van der Waals surface area (Å²) < 4.78 is 11.4. The van der Waals surface area contributed by atoms with Crippen LogP contribution in [0.2, 0.25) is 0 Å². The Kier molecular flexibility index (Phi) is 6.90. The third-order valence-corrected chi connectivity index (χ3v) is 6.49. The summed E-state index contributed by atoms with van der Waals surface area (Å²) in [4.78, 5) is 41.1. The smallest absolute Gasteiger partial charge is 0.240 e. The number of hydrogen-bond donors (Lipinski definition) is 3. The highest BCUT2D eigenvalue weighted by molar-refractivity contribution is 6.13. The lowest BCUT2D eigenvalue weighted by molar-refractivity contribution is -0.134. The Labute approximate surface area is 219 Å². The van der Waals surface area contributed by atoms with E-state index in [1.807, 2.05) is 30.3 Å². The van der Waals surface area contributed by atoms with Gasteiger partial charge in [0.1, 0.15) is 22.7 Å². The van der Waals surface area contributed by atoms with Gasteiger partial charge in [0, 0.05) is 29.9 Å². The van der Waals surface area contributed by atoms with E-state index in [2.05, 4.69) is 20.9 Å². The van der Waals surface area contributed by atoms with Crippen LogP contribution < -0.4 is 25.4 Å².